The highest BCUT2D eigenvalue weighted by Gasteiger charge is 2.28. The maximum Gasteiger partial charge on any atom is 0.227 e. The second-order valence-electron chi connectivity index (χ2n) is 5.16. The molecule has 1 aliphatic heterocycles. The molecule has 1 saturated heterocycles. The van der Waals surface area contributed by atoms with Crippen LogP contribution in [0.4, 0.5) is 0 Å². The Kier molecular flexibility index (Phi) is 4.31. The van der Waals surface area contributed by atoms with Gasteiger partial charge in [-0.05, 0) is 17.9 Å². The Labute approximate surface area is 127 Å². The number of carbonyl (C=O) groups is 1. The Bertz CT molecular complexity index is 596. The standard InChI is InChI=1S/C14H18N4O2S/c1-20-10-11-8-18(16-15-11)12-4-5-17(9-12)14(19)7-13-3-2-6-21-13/h2-3,6,8,12H,4-5,7,9-10H2,1H3. The van der Waals surface area contributed by atoms with E-state index >= 15 is 0 Å². The molecule has 0 aliphatic carbocycles. The van der Waals surface area contributed by atoms with Gasteiger partial charge in [-0.1, -0.05) is 11.3 Å². The quantitative estimate of drug-likeness (QED) is 0.840. The number of hydrogen-bond donors (Lipinski definition) is 0. The number of hydrogen-bond acceptors (Lipinski definition) is 5. The van der Waals surface area contributed by atoms with Crippen molar-refractivity contribution in [1.29, 1.82) is 0 Å². The van der Waals surface area contributed by atoms with E-state index in [0.717, 1.165) is 23.5 Å². The Morgan fingerprint density at radius 1 is 1.57 bits per heavy atom. The van der Waals surface area contributed by atoms with Gasteiger partial charge in [-0.25, -0.2) is 4.68 Å². The summed E-state index contributed by atoms with van der Waals surface area (Å²) in [4.78, 5) is 15.3. The first kappa shape index (κ1) is 14.2. The zero-order valence-corrected chi connectivity index (χ0v) is 12.8. The van der Waals surface area contributed by atoms with Gasteiger partial charge >= 0.3 is 0 Å². The van der Waals surface area contributed by atoms with E-state index in [1.807, 2.05) is 33.3 Å². The molecule has 3 heterocycles. The summed E-state index contributed by atoms with van der Waals surface area (Å²) in [6, 6.07) is 4.20. The average Bonchev–Trinajstić information content (AvgIpc) is 3.20. The molecule has 0 N–H and O–H groups in total. The number of carbonyl (C=O) groups excluding carboxylic acids is 1. The molecule has 2 aromatic rings. The van der Waals surface area contributed by atoms with Crippen LogP contribution in [0.15, 0.2) is 23.7 Å². The summed E-state index contributed by atoms with van der Waals surface area (Å²) in [6.07, 6.45) is 3.32. The van der Waals surface area contributed by atoms with Crippen LogP contribution >= 0.6 is 11.3 Å². The SMILES string of the molecule is COCc1cn(C2CCN(C(=O)Cc3cccs3)C2)nn1. The highest BCUT2D eigenvalue weighted by molar-refractivity contribution is 7.10. The van der Waals surface area contributed by atoms with Crippen molar-refractivity contribution in [2.24, 2.45) is 0 Å². The lowest BCUT2D eigenvalue weighted by molar-refractivity contribution is -0.129. The van der Waals surface area contributed by atoms with Crippen molar-refractivity contribution in [3.63, 3.8) is 0 Å². The minimum atomic E-state index is 0.192. The van der Waals surface area contributed by atoms with Gasteiger partial charge in [-0.2, -0.15) is 0 Å². The molecule has 1 amide bonds. The molecule has 1 fully saturated rings. The molecule has 1 atom stereocenters. The number of rotatable bonds is 5. The van der Waals surface area contributed by atoms with Crippen LogP contribution in [0, 0.1) is 0 Å². The van der Waals surface area contributed by atoms with E-state index in [2.05, 4.69) is 10.3 Å². The minimum Gasteiger partial charge on any atom is -0.378 e. The van der Waals surface area contributed by atoms with Crippen molar-refractivity contribution in [1.82, 2.24) is 19.9 Å². The van der Waals surface area contributed by atoms with Crippen LogP contribution in [-0.2, 0) is 22.6 Å². The Balaban J connectivity index is 1.58. The minimum absolute atomic E-state index is 0.192. The topological polar surface area (TPSA) is 60.2 Å². The molecule has 1 unspecified atom stereocenters. The number of ether oxygens (including phenoxy) is 1. The van der Waals surface area contributed by atoms with E-state index in [1.165, 1.54) is 0 Å². The normalized spacial score (nSPS) is 18.3. The van der Waals surface area contributed by atoms with Crippen molar-refractivity contribution in [2.75, 3.05) is 20.2 Å². The van der Waals surface area contributed by atoms with Gasteiger partial charge in [0.2, 0.25) is 5.91 Å². The number of aromatic nitrogens is 3. The van der Waals surface area contributed by atoms with Crippen LogP contribution in [0.25, 0.3) is 0 Å². The molecule has 2 aromatic heterocycles. The van der Waals surface area contributed by atoms with Crippen molar-refractivity contribution < 1.29 is 9.53 Å². The molecule has 0 radical (unpaired) electrons. The Morgan fingerprint density at radius 3 is 3.24 bits per heavy atom. The van der Waals surface area contributed by atoms with Gasteiger partial charge in [0.15, 0.2) is 0 Å². The van der Waals surface area contributed by atoms with E-state index in [1.54, 1.807) is 18.4 Å². The summed E-state index contributed by atoms with van der Waals surface area (Å²) in [5, 5.41) is 10.2. The lowest BCUT2D eigenvalue weighted by Gasteiger charge is -2.16. The molecular weight excluding hydrogens is 288 g/mol. The maximum absolute atomic E-state index is 12.3. The van der Waals surface area contributed by atoms with E-state index < -0.39 is 0 Å². The summed E-state index contributed by atoms with van der Waals surface area (Å²) in [6.45, 7) is 1.96. The largest absolute Gasteiger partial charge is 0.378 e. The number of methoxy groups -OCH3 is 1. The summed E-state index contributed by atoms with van der Waals surface area (Å²) in [5.41, 5.74) is 0.820. The Hall–Kier alpha value is -1.73. The second-order valence-corrected chi connectivity index (χ2v) is 6.19. The van der Waals surface area contributed by atoms with Crippen LogP contribution in [0.2, 0.25) is 0 Å². The van der Waals surface area contributed by atoms with E-state index in [-0.39, 0.29) is 11.9 Å². The molecule has 0 aromatic carbocycles. The maximum atomic E-state index is 12.3. The van der Waals surface area contributed by atoms with Gasteiger partial charge in [0.1, 0.15) is 5.69 Å². The van der Waals surface area contributed by atoms with E-state index in [4.69, 9.17) is 4.74 Å². The monoisotopic (exact) mass is 306 g/mol. The molecule has 0 bridgehead atoms. The lowest BCUT2D eigenvalue weighted by atomic mass is 10.3. The average molecular weight is 306 g/mol. The predicted molar refractivity (Wildman–Crippen MR) is 79.0 cm³/mol. The smallest absolute Gasteiger partial charge is 0.227 e. The number of nitrogens with zero attached hydrogens (tertiary/aromatic N) is 4. The van der Waals surface area contributed by atoms with Gasteiger partial charge in [-0.3, -0.25) is 4.79 Å². The first-order chi connectivity index (χ1) is 10.3. The first-order valence-corrected chi connectivity index (χ1v) is 7.84. The molecular formula is C14H18N4O2S. The zero-order chi connectivity index (χ0) is 14.7. The molecule has 0 spiro atoms. The first-order valence-electron chi connectivity index (χ1n) is 6.96. The highest BCUT2D eigenvalue weighted by atomic mass is 32.1. The van der Waals surface area contributed by atoms with Gasteiger partial charge < -0.3 is 9.64 Å². The molecule has 112 valence electrons. The number of amides is 1. The third-order valence-corrected chi connectivity index (χ3v) is 4.52. The van der Waals surface area contributed by atoms with Crippen LogP contribution in [0.3, 0.4) is 0 Å². The van der Waals surface area contributed by atoms with Gasteiger partial charge in [0.25, 0.3) is 0 Å². The lowest BCUT2D eigenvalue weighted by Crippen LogP contribution is -2.30. The summed E-state index contributed by atoms with van der Waals surface area (Å²) < 4.78 is 6.90. The van der Waals surface area contributed by atoms with Crippen molar-refractivity contribution in [3.8, 4) is 0 Å². The van der Waals surface area contributed by atoms with Gasteiger partial charge in [-0.15, -0.1) is 16.4 Å². The summed E-state index contributed by atoms with van der Waals surface area (Å²) in [7, 11) is 1.64. The van der Waals surface area contributed by atoms with Crippen molar-refractivity contribution in [2.45, 2.75) is 25.5 Å². The third-order valence-electron chi connectivity index (χ3n) is 3.65. The van der Waals surface area contributed by atoms with Crippen LogP contribution < -0.4 is 0 Å². The second kappa shape index (κ2) is 6.36. The molecule has 3 rings (SSSR count). The van der Waals surface area contributed by atoms with Crippen LogP contribution in [-0.4, -0.2) is 46.0 Å². The number of likely N-dealkylation sites (tertiary alicyclic amines) is 1. The van der Waals surface area contributed by atoms with Crippen molar-refractivity contribution in [3.05, 3.63) is 34.3 Å². The summed E-state index contributed by atoms with van der Waals surface area (Å²) in [5.74, 6) is 0.192. The van der Waals surface area contributed by atoms with Crippen LogP contribution in [0.1, 0.15) is 23.0 Å². The fraction of sp³-hybridized carbons (Fsp3) is 0.500. The molecule has 0 saturated carbocycles. The van der Waals surface area contributed by atoms with E-state index in [0.29, 0.717) is 19.6 Å². The predicted octanol–water partition coefficient (Wildman–Crippen LogP) is 1.50. The molecule has 6 nitrogen and oxygen atoms in total. The fourth-order valence-corrected chi connectivity index (χ4v) is 3.26. The number of thiophene rings is 1. The van der Waals surface area contributed by atoms with E-state index in [9.17, 15) is 4.79 Å². The molecule has 21 heavy (non-hydrogen) atoms. The fourth-order valence-electron chi connectivity index (χ4n) is 2.56. The Morgan fingerprint density at radius 2 is 2.48 bits per heavy atom. The zero-order valence-electron chi connectivity index (χ0n) is 11.9. The molecule has 1 aliphatic rings. The molecule has 7 heteroatoms. The third kappa shape index (κ3) is 3.30. The van der Waals surface area contributed by atoms with Crippen LogP contribution in [0.5, 0.6) is 0 Å². The van der Waals surface area contributed by atoms with Crippen molar-refractivity contribution >= 4 is 17.2 Å². The van der Waals surface area contributed by atoms with Gasteiger partial charge in [0.05, 0.1) is 25.3 Å². The summed E-state index contributed by atoms with van der Waals surface area (Å²) >= 11 is 1.63. The highest BCUT2D eigenvalue weighted by Crippen LogP contribution is 2.22. The van der Waals surface area contributed by atoms with Gasteiger partial charge in [0, 0.05) is 25.1 Å².